The molecule has 106 valence electrons. The average molecular weight is 276 g/mol. The number of nitrogens with one attached hydrogen (secondary N) is 1. The molecule has 0 radical (unpaired) electrons. The summed E-state index contributed by atoms with van der Waals surface area (Å²) in [7, 11) is -1.18. The van der Waals surface area contributed by atoms with Crippen molar-refractivity contribution < 1.29 is 13.2 Å². The molecule has 0 bridgehead atoms. The summed E-state index contributed by atoms with van der Waals surface area (Å²) in [5.74, 6) is 0.277. The van der Waals surface area contributed by atoms with Gasteiger partial charge in [-0.1, -0.05) is 13.3 Å². The van der Waals surface area contributed by atoms with Crippen molar-refractivity contribution in [3.8, 4) is 0 Å². The summed E-state index contributed by atoms with van der Waals surface area (Å²) >= 11 is 0. The van der Waals surface area contributed by atoms with Crippen LogP contribution in [-0.2, 0) is 14.6 Å². The molecule has 18 heavy (non-hydrogen) atoms. The van der Waals surface area contributed by atoms with Gasteiger partial charge in [-0.05, 0) is 13.3 Å². The molecular formula is C12H24N2O3S. The van der Waals surface area contributed by atoms with E-state index >= 15 is 0 Å². The molecule has 0 spiro atoms. The summed E-state index contributed by atoms with van der Waals surface area (Å²) in [6, 6.07) is -0.0183. The first-order chi connectivity index (χ1) is 8.35. The monoisotopic (exact) mass is 276 g/mol. The van der Waals surface area contributed by atoms with Gasteiger partial charge in [-0.3, -0.25) is 4.79 Å². The van der Waals surface area contributed by atoms with E-state index in [2.05, 4.69) is 12.2 Å². The van der Waals surface area contributed by atoms with Crippen LogP contribution in [0.1, 0.15) is 33.1 Å². The van der Waals surface area contributed by atoms with Crippen molar-refractivity contribution >= 4 is 15.7 Å². The predicted molar refractivity (Wildman–Crippen MR) is 72.2 cm³/mol. The van der Waals surface area contributed by atoms with Gasteiger partial charge in [0.05, 0.1) is 11.5 Å². The number of carbonyl (C=O) groups excluding carboxylic acids is 1. The van der Waals surface area contributed by atoms with Gasteiger partial charge >= 0.3 is 0 Å². The molecule has 2 unspecified atom stereocenters. The van der Waals surface area contributed by atoms with E-state index in [9.17, 15) is 13.2 Å². The maximum absolute atomic E-state index is 12.0. The van der Waals surface area contributed by atoms with Crippen molar-refractivity contribution in [2.24, 2.45) is 0 Å². The van der Waals surface area contributed by atoms with Gasteiger partial charge in [-0.15, -0.1) is 0 Å². The number of sulfone groups is 1. The second-order valence-electron chi connectivity index (χ2n) is 5.11. The molecule has 1 aliphatic heterocycles. The molecule has 0 aromatic heterocycles. The first-order valence-corrected chi connectivity index (χ1v) is 8.37. The number of nitrogens with zero attached hydrogens (tertiary/aromatic N) is 1. The van der Waals surface area contributed by atoms with Gasteiger partial charge in [0.25, 0.3) is 0 Å². The van der Waals surface area contributed by atoms with E-state index in [-0.39, 0.29) is 35.9 Å². The molecule has 1 N–H and O–H groups in total. The minimum atomic E-state index is -2.97. The first-order valence-electron chi connectivity index (χ1n) is 6.55. The van der Waals surface area contributed by atoms with Gasteiger partial charge in [0.1, 0.15) is 0 Å². The molecule has 5 nitrogen and oxygen atoms in total. The lowest BCUT2D eigenvalue weighted by Gasteiger charge is -2.28. The molecule has 0 aromatic rings. The van der Waals surface area contributed by atoms with E-state index < -0.39 is 9.84 Å². The molecular weight excluding hydrogens is 252 g/mol. The maximum Gasteiger partial charge on any atom is 0.224 e. The fourth-order valence-electron chi connectivity index (χ4n) is 2.21. The highest BCUT2D eigenvalue weighted by Gasteiger charge is 2.27. The van der Waals surface area contributed by atoms with Crippen LogP contribution in [0.15, 0.2) is 0 Å². The van der Waals surface area contributed by atoms with Crippen molar-refractivity contribution in [2.75, 3.05) is 25.1 Å². The van der Waals surface area contributed by atoms with Crippen LogP contribution in [0.5, 0.6) is 0 Å². The summed E-state index contributed by atoms with van der Waals surface area (Å²) in [4.78, 5) is 13.8. The Morgan fingerprint density at radius 2 is 2.17 bits per heavy atom. The van der Waals surface area contributed by atoms with E-state index in [0.717, 1.165) is 12.8 Å². The highest BCUT2D eigenvalue weighted by atomic mass is 32.2. The van der Waals surface area contributed by atoms with Crippen LogP contribution < -0.4 is 5.32 Å². The summed E-state index contributed by atoms with van der Waals surface area (Å²) in [6.45, 7) is 4.56. The third-order valence-electron chi connectivity index (χ3n) is 3.48. The Labute approximate surface area is 110 Å². The molecule has 6 heteroatoms. The smallest absolute Gasteiger partial charge is 0.224 e. The van der Waals surface area contributed by atoms with Crippen LogP contribution in [0.2, 0.25) is 0 Å². The zero-order valence-corrected chi connectivity index (χ0v) is 12.3. The molecule has 1 heterocycles. The van der Waals surface area contributed by atoms with Gasteiger partial charge in [0, 0.05) is 32.1 Å². The third kappa shape index (κ3) is 4.57. The van der Waals surface area contributed by atoms with Gasteiger partial charge in [-0.25, -0.2) is 8.42 Å². The van der Waals surface area contributed by atoms with Crippen molar-refractivity contribution in [1.29, 1.82) is 0 Å². The fourth-order valence-corrected chi connectivity index (χ4v) is 3.65. The molecule has 1 aliphatic rings. The van der Waals surface area contributed by atoms with Gasteiger partial charge < -0.3 is 10.2 Å². The summed E-state index contributed by atoms with van der Waals surface area (Å²) in [5.41, 5.74) is 0. The highest BCUT2D eigenvalue weighted by Crippen LogP contribution is 2.10. The lowest BCUT2D eigenvalue weighted by atomic mass is 10.1. The summed E-state index contributed by atoms with van der Waals surface area (Å²) in [6.07, 6.45) is 2.28. The van der Waals surface area contributed by atoms with Crippen molar-refractivity contribution in [1.82, 2.24) is 10.2 Å². The molecule has 1 rings (SSSR count). The third-order valence-corrected chi connectivity index (χ3v) is 5.22. The minimum Gasteiger partial charge on any atom is -0.343 e. The molecule has 0 aromatic carbocycles. The van der Waals surface area contributed by atoms with Crippen LogP contribution in [-0.4, -0.2) is 56.4 Å². The standard InChI is InChI=1S/C12H24N2O3S/c1-4-5-10(2)14(3)12(15)8-11-9-18(16,17)7-6-13-11/h10-11,13H,4-9H2,1-3H3. The highest BCUT2D eigenvalue weighted by molar-refractivity contribution is 7.91. The van der Waals surface area contributed by atoms with Gasteiger partial charge in [0.2, 0.25) is 5.91 Å². The Balaban J connectivity index is 2.49. The second kappa shape index (κ2) is 6.52. The van der Waals surface area contributed by atoms with Crippen molar-refractivity contribution in [2.45, 2.75) is 45.2 Å². The van der Waals surface area contributed by atoms with Gasteiger partial charge in [0.15, 0.2) is 9.84 Å². The normalized spacial score (nSPS) is 24.5. The van der Waals surface area contributed by atoms with Crippen LogP contribution in [0.3, 0.4) is 0 Å². The van der Waals surface area contributed by atoms with Crippen LogP contribution in [0, 0.1) is 0 Å². The lowest BCUT2D eigenvalue weighted by molar-refractivity contribution is -0.132. The molecule has 1 saturated heterocycles. The number of rotatable bonds is 5. The molecule has 2 atom stereocenters. The Morgan fingerprint density at radius 3 is 2.72 bits per heavy atom. The fraction of sp³-hybridized carbons (Fsp3) is 0.917. The van der Waals surface area contributed by atoms with E-state index in [1.54, 1.807) is 11.9 Å². The Morgan fingerprint density at radius 1 is 1.50 bits per heavy atom. The van der Waals surface area contributed by atoms with Crippen molar-refractivity contribution in [3.05, 3.63) is 0 Å². The largest absolute Gasteiger partial charge is 0.343 e. The number of hydrogen-bond acceptors (Lipinski definition) is 4. The lowest BCUT2D eigenvalue weighted by Crippen LogP contribution is -2.48. The topological polar surface area (TPSA) is 66.5 Å². The SMILES string of the molecule is CCCC(C)N(C)C(=O)CC1CS(=O)(=O)CCN1. The van der Waals surface area contributed by atoms with Crippen LogP contribution in [0.4, 0.5) is 0 Å². The minimum absolute atomic E-state index is 0.0190. The number of carbonyl (C=O) groups is 1. The van der Waals surface area contributed by atoms with E-state index in [1.165, 1.54) is 0 Å². The maximum atomic E-state index is 12.0. The van der Waals surface area contributed by atoms with Crippen LogP contribution in [0.25, 0.3) is 0 Å². The molecule has 0 aliphatic carbocycles. The molecule has 0 saturated carbocycles. The quantitative estimate of drug-likeness (QED) is 0.790. The Bertz CT molecular complexity index is 381. The van der Waals surface area contributed by atoms with E-state index in [0.29, 0.717) is 6.54 Å². The Kier molecular flexibility index (Phi) is 5.59. The second-order valence-corrected chi connectivity index (χ2v) is 7.34. The van der Waals surface area contributed by atoms with E-state index in [1.807, 2.05) is 6.92 Å². The molecule has 1 fully saturated rings. The first kappa shape index (κ1) is 15.4. The number of amides is 1. The molecule has 1 amide bonds. The Hall–Kier alpha value is -0.620. The summed E-state index contributed by atoms with van der Waals surface area (Å²) < 4.78 is 23.0. The number of hydrogen-bond donors (Lipinski definition) is 1. The average Bonchev–Trinajstić information content (AvgIpc) is 2.26. The van der Waals surface area contributed by atoms with Crippen LogP contribution >= 0.6 is 0 Å². The summed E-state index contributed by atoms with van der Waals surface area (Å²) in [5, 5.41) is 3.10. The zero-order valence-electron chi connectivity index (χ0n) is 11.5. The zero-order chi connectivity index (χ0) is 13.8. The van der Waals surface area contributed by atoms with Gasteiger partial charge in [-0.2, -0.15) is 0 Å². The predicted octanol–water partition coefficient (Wildman–Crippen LogP) is 0.410. The van der Waals surface area contributed by atoms with E-state index in [4.69, 9.17) is 0 Å². The van der Waals surface area contributed by atoms with Crippen molar-refractivity contribution in [3.63, 3.8) is 0 Å².